The molecule has 1 aromatic heterocycles. The molecule has 1 N–H and O–H groups in total. The van der Waals surface area contributed by atoms with Crippen LogP contribution in [0, 0.1) is 24.2 Å². The summed E-state index contributed by atoms with van der Waals surface area (Å²) in [7, 11) is -2.38. The van der Waals surface area contributed by atoms with Gasteiger partial charge in [-0.2, -0.15) is 0 Å². The Balaban J connectivity index is 1.26. The quantitative estimate of drug-likeness (QED) is 0.210. The minimum atomic E-state index is -3.84. The molecule has 1 aliphatic heterocycles. The van der Waals surface area contributed by atoms with E-state index in [1.165, 1.54) is 12.0 Å². The Hall–Kier alpha value is -3.84. The minimum Gasteiger partial charge on any atom is -0.472 e. The molecule has 0 radical (unpaired) electrons. The molecule has 0 bridgehead atoms. The van der Waals surface area contributed by atoms with Crippen molar-refractivity contribution in [3.63, 3.8) is 0 Å². The van der Waals surface area contributed by atoms with Gasteiger partial charge in [0.05, 0.1) is 41.7 Å². The average molecular weight is 710 g/mol. The number of amides is 2. The van der Waals surface area contributed by atoms with Crippen LogP contribution >= 0.6 is 0 Å². The summed E-state index contributed by atoms with van der Waals surface area (Å²) < 4.78 is 45.2. The van der Waals surface area contributed by atoms with Crippen LogP contribution in [0.1, 0.15) is 76.7 Å². The van der Waals surface area contributed by atoms with Gasteiger partial charge in [-0.05, 0) is 82.2 Å². The zero-order chi connectivity index (χ0) is 35.8. The zero-order valence-electron chi connectivity index (χ0n) is 29.0. The van der Waals surface area contributed by atoms with Gasteiger partial charge in [-0.3, -0.25) is 23.9 Å². The van der Waals surface area contributed by atoms with Gasteiger partial charge in [0.2, 0.25) is 27.7 Å². The van der Waals surface area contributed by atoms with Gasteiger partial charge < -0.3 is 19.1 Å². The number of hydrogen-bond acceptors (Lipinski definition) is 10. The summed E-state index contributed by atoms with van der Waals surface area (Å²) in [5.41, 5.74) is -0.211. The third-order valence-electron chi connectivity index (χ3n) is 10.9. The Bertz CT molecular complexity index is 1770. The largest absolute Gasteiger partial charge is 0.472 e. The van der Waals surface area contributed by atoms with Crippen molar-refractivity contribution in [2.45, 2.75) is 108 Å². The number of ketones is 1. The van der Waals surface area contributed by atoms with Gasteiger partial charge in [0.15, 0.2) is 5.78 Å². The highest BCUT2D eigenvalue weighted by Gasteiger charge is 2.61. The van der Waals surface area contributed by atoms with E-state index in [-0.39, 0.29) is 38.3 Å². The number of Topliss-reactive ketones (excluding diaryl/α,β-unsaturated/α-hetero) is 1. The average Bonchev–Trinajstić information content (AvgIpc) is 3.97. The molecular weight excluding hydrogens is 662 g/mol. The summed E-state index contributed by atoms with van der Waals surface area (Å²) >= 11 is 0. The number of aromatic nitrogens is 1. The second-order valence-electron chi connectivity index (χ2n) is 14.5. The van der Waals surface area contributed by atoms with Gasteiger partial charge in [0.25, 0.3) is 0 Å². The normalized spacial score (nSPS) is 26.3. The number of fused-ring (bicyclic) bond motifs is 1. The maximum absolute atomic E-state index is 14.4. The molecule has 0 unspecified atom stereocenters. The van der Waals surface area contributed by atoms with Gasteiger partial charge >= 0.3 is 5.97 Å². The fourth-order valence-corrected chi connectivity index (χ4v) is 8.90. The number of esters is 1. The number of likely N-dealkylation sites (tertiary alicyclic amines) is 1. The van der Waals surface area contributed by atoms with Crippen LogP contribution in [0.15, 0.2) is 43.1 Å². The van der Waals surface area contributed by atoms with Crippen LogP contribution < -0.4 is 9.46 Å². The molecule has 6 rings (SSSR count). The van der Waals surface area contributed by atoms with Gasteiger partial charge in [-0.1, -0.05) is 23.8 Å². The number of sulfonamides is 1. The van der Waals surface area contributed by atoms with E-state index in [4.69, 9.17) is 14.2 Å². The number of pyridine rings is 1. The number of allylic oxidation sites excluding steroid dienone is 1. The zero-order valence-corrected chi connectivity index (χ0v) is 29.8. The third kappa shape index (κ3) is 7.58. The van der Waals surface area contributed by atoms with Crippen molar-refractivity contribution in [3.8, 4) is 5.88 Å². The Morgan fingerprint density at radius 2 is 1.86 bits per heavy atom. The number of carbonyl (C=O) groups is 4. The van der Waals surface area contributed by atoms with Crippen LogP contribution in [0.25, 0.3) is 10.8 Å². The molecule has 4 aliphatic rings. The Morgan fingerprint density at radius 1 is 1.12 bits per heavy atom. The van der Waals surface area contributed by atoms with Gasteiger partial charge in [0.1, 0.15) is 12.2 Å². The lowest BCUT2D eigenvalue weighted by Crippen LogP contribution is -2.48. The lowest BCUT2D eigenvalue weighted by molar-refractivity contribution is -0.156. The molecule has 12 nitrogen and oxygen atoms in total. The number of nitrogens with one attached hydrogen (secondary N) is 1. The molecule has 6 atom stereocenters. The maximum Gasteiger partial charge on any atom is 0.306 e. The second-order valence-corrected chi connectivity index (χ2v) is 16.5. The minimum absolute atomic E-state index is 0.0317. The fraction of sp³-hybridized carbons (Fsp3) is 0.595. The van der Waals surface area contributed by atoms with Crippen molar-refractivity contribution in [2.75, 3.05) is 13.7 Å². The summed E-state index contributed by atoms with van der Waals surface area (Å²) in [6, 6.07) is 6.77. The van der Waals surface area contributed by atoms with Crippen LogP contribution in [0.2, 0.25) is 0 Å². The van der Waals surface area contributed by atoms with E-state index in [0.717, 1.165) is 42.0 Å². The SMILES string of the molecule is C=C[C@@H]1C[C@]1(CC(=O)[C@@H]1C[C@@H](Oc2nccc3cc(C)ccc23)CN1C(=O)[C@@H](CC(=O)OC1CCCC1)[C@H](C)OC)C(=O)NS(=O)(=O)C1CC1. The monoisotopic (exact) mass is 709 g/mol. The summed E-state index contributed by atoms with van der Waals surface area (Å²) in [6.07, 6.45) is 6.14. The lowest BCUT2D eigenvalue weighted by Gasteiger charge is -2.31. The Kier molecular flexibility index (Phi) is 10.4. The predicted molar refractivity (Wildman–Crippen MR) is 184 cm³/mol. The number of hydrogen-bond donors (Lipinski definition) is 1. The number of carbonyl (C=O) groups excluding carboxylic acids is 4. The first-order valence-corrected chi connectivity index (χ1v) is 19.2. The van der Waals surface area contributed by atoms with E-state index in [9.17, 15) is 27.6 Å². The molecule has 4 fully saturated rings. The van der Waals surface area contributed by atoms with Crippen molar-refractivity contribution < 1.29 is 41.8 Å². The number of aryl methyl sites for hydroxylation is 1. The molecule has 2 amide bonds. The van der Waals surface area contributed by atoms with E-state index in [1.54, 1.807) is 19.2 Å². The summed E-state index contributed by atoms with van der Waals surface area (Å²) in [4.78, 5) is 61.2. The van der Waals surface area contributed by atoms with E-state index >= 15 is 0 Å². The third-order valence-corrected chi connectivity index (χ3v) is 12.7. The first-order chi connectivity index (χ1) is 23.8. The molecular formula is C37H47N3O9S. The molecule has 2 aromatic rings. The predicted octanol–water partition coefficient (Wildman–Crippen LogP) is 4.18. The summed E-state index contributed by atoms with van der Waals surface area (Å²) in [6.45, 7) is 7.53. The Morgan fingerprint density at radius 3 is 2.52 bits per heavy atom. The first kappa shape index (κ1) is 36.0. The molecule has 1 saturated heterocycles. The Labute approximate surface area is 293 Å². The van der Waals surface area contributed by atoms with E-state index in [0.29, 0.717) is 18.7 Å². The van der Waals surface area contributed by atoms with Crippen molar-refractivity contribution in [1.82, 2.24) is 14.6 Å². The number of benzene rings is 1. The van der Waals surface area contributed by atoms with E-state index in [2.05, 4.69) is 16.3 Å². The fourth-order valence-electron chi connectivity index (χ4n) is 7.51. The standard InChI is InChI=1S/C37H47N3O9S/c1-5-25-19-37(25,36(44)39-50(45,46)28-11-12-28)20-32(41)31-17-27(49-34-29-13-10-22(2)16-24(29)14-15-38-34)21-40(31)35(43)30(23(3)47-4)18-33(42)48-26-8-6-7-9-26/h5,10,13-16,23,25-28,30-31H,1,6-9,11-12,17-21H2,2-4H3,(H,39,44)/t23-,25+,27+,30-,31-,37+/m0/s1. The smallest absolute Gasteiger partial charge is 0.306 e. The number of methoxy groups -OCH3 is 1. The molecule has 1 aromatic carbocycles. The number of ether oxygens (including phenoxy) is 3. The van der Waals surface area contributed by atoms with Crippen LogP contribution in [0.5, 0.6) is 5.88 Å². The highest BCUT2D eigenvalue weighted by Crippen LogP contribution is 2.57. The topological polar surface area (TPSA) is 158 Å². The van der Waals surface area contributed by atoms with Crippen molar-refractivity contribution >= 4 is 44.4 Å². The van der Waals surface area contributed by atoms with Crippen molar-refractivity contribution in [3.05, 3.63) is 48.7 Å². The van der Waals surface area contributed by atoms with Crippen LogP contribution in [0.3, 0.4) is 0 Å². The number of rotatable bonds is 15. The maximum atomic E-state index is 14.4. The lowest BCUT2D eigenvalue weighted by atomic mass is 9.90. The molecule has 270 valence electrons. The summed E-state index contributed by atoms with van der Waals surface area (Å²) in [5.74, 6) is -3.04. The summed E-state index contributed by atoms with van der Waals surface area (Å²) in [5, 5.41) is 1.11. The van der Waals surface area contributed by atoms with E-state index < -0.39 is 74.3 Å². The van der Waals surface area contributed by atoms with E-state index in [1.807, 2.05) is 31.2 Å². The highest BCUT2D eigenvalue weighted by atomic mass is 32.2. The molecule has 3 saturated carbocycles. The molecule has 13 heteroatoms. The highest BCUT2D eigenvalue weighted by molar-refractivity contribution is 7.90. The van der Waals surface area contributed by atoms with Gasteiger partial charge in [-0.25, -0.2) is 13.4 Å². The second kappa shape index (κ2) is 14.4. The van der Waals surface area contributed by atoms with Crippen molar-refractivity contribution in [1.29, 1.82) is 0 Å². The molecule has 2 heterocycles. The van der Waals surface area contributed by atoms with Gasteiger partial charge in [-0.15, -0.1) is 6.58 Å². The molecule has 50 heavy (non-hydrogen) atoms. The molecule has 3 aliphatic carbocycles. The van der Waals surface area contributed by atoms with Crippen LogP contribution in [-0.4, -0.2) is 85.1 Å². The van der Waals surface area contributed by atoms with Crippen molar-refractivity contribution in [2.24, 2.45) is 17.3 Å². The first-order valence-electron chi connectivity index (χ1n) is 17.6. The van der Waals surface area contributed by atoms with Gasteiger partial charge in [0, 0.05) is 31.5 Å². The molecule has 0 spiro atoms. The number of nitrogens with zero attached hydrogens (tertiary/aromatic N) is 2. The van der Waals surface area contributed by atoms with Crippen LogP contribution in [0.4, 0.5) is 0 Å². The van der Waals surface area contributed by atoms with Crippen LogP contribution in [-0.2, 0) is 38.7 Å².